The molecule has 2 aromatic carbocycles. The molecular weight excluding hydrogens is 296 g/mol. The van der Waals surface area contributed by atoms with Crippen molar-refractivity contribution >= 4 is 23.3 Å². The number of ether oxygens (including phenoxy) is 1. The van der Waals surface area contributed by atoms with Gasteiger partial charge in [-0.25, -0.2) is 0 Å². The van der Waals surface area contributed by atoms with Crippen molar-refractivity contribution in [1.29, 1.82) is 0 Å². The summed E-state index contributed by atoms with van der Waals surface area (Å²) in [6, 6.07) is 16.6. The maximum atomic E-state index is 5.80. The van der Waals surface area contributed by atoms with E-state index in [1.165, 1.54) is 22.2 Å². The van der Waals surface area contributed by atoms with E-state index in [2.05, 4.69) is 41.4 Å². The van der Waals surface area contributed by atoms with E-state index in [0.717, 1.165) is 24.1 Å². The first kappa shape index (κ1) is 16.4. The number of methoxy groups -OCH3 is 1. The fraction of sp³-hybridized carbons (Fsp3) is 0.222. The third-order valence-corrected chi connectivity index (χ3v) is 3.82. The molecule has 0 fully saturated rings. The molecule has 0 atom stereocenters. The van der Waals surface area contributed by atoms with Gasteiger partial charge in [0.2, 0.25) is 0 Å². The summed E-state index contributed by atoms with van der Waals surface area (Å²) in [5, 5.41) is 1.21. The predicted molar refractivity (Wildman–Crippen MR) is 94.1 cm³/mol. The van der Waals surface area contributed by atoms with Crippen molar-refractivity contribution in [1.82, 2.24) is 4.98 Å². The minimum absolute atomic E-state index is 0. The summed E-state index contributed by atoms with van der Waals surface area (Å²) in [7, 11) is 1.70. The number of rotatable bonds is 5. The summed E-state index contributed by atoms with van der Waals surface area (Å²) in [6.07, 6.45) is 1.77. The van der Waals surface area contributed by atoms with E-state index >= 15 is 0 Å². The average molecular weight is 317 g/mol. The molecule has 0 saturated heterocycles. The Balaban J connectivity index is 0.00000176. The summed E-state index contributed by atoms with van der Waals surface area (Å²) in [6.45, 7) is 0.645. The van der Waals surface area contributed by atoms with E-state index in [9.17, 15) is 0 Å². The Morgan fingerprint density at radius 2 is 1.86 bits per heavy atom. The fourth-order valence-corrected chi connectivity index (χ4v) is 2.79. The van der Waals surface area contributed by atoms with E-state index in [-0.39, 0.29) is 12.4 Å². The highest BCUT2D eigenvalue weighted by atomic mass is 35.5. The minimum atomic E-state index is 0. The molecular formula is C18H21ClN2O. The minimum Gasteiger partial charge on any atom is -0.497 e. The van der Waals surface area contributed by atoms with Gasteiger partial charge in [-0.05, 0) is 42.3 Å². The molecule has 0 radical (unpaired) electrons. The van der Waals surface area contributed by atoms with Gasteiger partial charge in [0.15, 0.2) is 0 Å². The largest absolute Gasteiger partial charge is 0.497 e. The number of aromatic nitrogens is 1. The van der Waals surface area contributed by atoms with Crippen LogP contribution in [0.3, 0.4) is 0 Å². The first-order valence-corrected chi connectivity index (χ1v) is 7.23. The number of H-pyrrole nitrogens is 1. The van der Waals surface area contributed by atoms with E-state index in [4.69, 9.17) is 10.5 Å². The highest BCUT2D eigenvalue weighted by Crippen LogP contribution is 2.28. The van der Waals surface area contributed by atoms with Crippen molar-refractivity contribution in [2.24, 2.45) is 5.73 Å². The second-order valence-corrected chi connectivity index (χ2v) is 5.19. The van der Waals surface area contributed by atoms with Crippen LogP contribution in [0.5, 0.6) is 5.75 Å². The lowest BCUT2D eigenvalue weighted by molar-refractivity contribution is 0.415. The van der Waals surface area contributed by atoms with Gasteiger partial charge in [-0.2, -0.15) is 0 Å². The van der Waals surface area contributed by atoms with Crippen molar-refractivity contribution in [3.05, 3.63) is 65.4 Å². The Morgan fingerprint density at radius 1 is 1.09 bits per heavy atom. The summed E-state index contributed by atoms with van der Waals surface area (Å²) in [5.41, 5.74) is 10.8. The molecule has 1 aromatic heterocycles. The zero-order valence-electron chi connectivity index (χ0n) is 12.6. The fourth-order valence-electron chi connectivity index (χ4n) is 2.79. The molecule has 0 amide bonds. The second-order valence-electron chi connectivity index (χ2n) is 5.19. The lowest BCUT2D eigenvalue weighted by atomic mass is 10.0. The molecule has 3 nitrogen and oxygen atoms in total. The third kappa shape index (κ3) is 3.26. The van der Waals surface area contributed by atoms with E-state index in [0.29, 0.717) is 6.54 Å². The molecule has 0 spiro atoms. The van der Waals surface area contributed by atoms with Gasteiger partial charge in [-0.15, -0.1) is 12.4 Å². The first-order valence-electron chi connectivity index (χ1n) is 7.23. The molecule has 0 aliphatic carbocycles. The molecule has 22 heavy (non-hydrogen) atoms. The van der Waals surface area contributed by atoms with Crippen LogP contribution < -0.4 is 10.5 Å². The Labute approximate surface area is 136 Å². The lowest BCUT2D eigenvalue weighted by Crippen LogP contribution is -2.04. The van der Waals surface area contributed by atoms with Crippen LogP contribution in [0.4, 0.5) is 0 Å². The van der Waals surface area contributed by atoms with E-state index < -0.39 is 0 Å². The number of nitrogens with one attached hydrogen (secondary N) is 1. The number of aromatic amines is 1. The van der Waals surface area contributed by atoms with Crippen LogP contribution in [0, 0.1) is 0 Å². The molecule has 0 bridgehead atoms. The summed E-state index contributed by atoms with van der Waals surface area (Å²) >= 11 is 0. The Hall–Kier alpha value is -1.97. The summed E-state index contributed by atoms with van der Waals surface area (Å²) < 4.78 is 5.34. The van der Waals surface area contributed by atoms with Crippen LogP contribution in [-0.2, 0) is 12.8 Å². The van der Waals surface area contributed by atoms with Gasteiger partial charge < -0.3 is 15.5 Å². The van der Waals surface area contributed by atoms with Crippen LogP contribution >= 0.6 is 12.4 Å². The summed E-state index contributed by atoms with van der Waals surface area (Å²) in [4.78, 5) is 3.54. The number of fused-ring (bicyclic) bond motifs is 1. The van der Waals surface area contributed by atoms with Gasteiger partial charge in [0.05, 0.1) is 7.11 Å². The van der Waals surface area contributed by atoms with Gasteiger partial charge in [-0.1, -0.05) is 30.3 Å². The molecule has 116 valence electrons. The number of nitrogens with two attached hydrogens (primary N) is 1. The zero-order valence-corrected chi connectivity index (χ0v) is 13.5. The lowest BCUT2D eigenvalue weighted by Gasteiger charge is -2.04. The Kier molecular flexibility index (Phi) is 5.47. The molecule has 0 saturated carbocycles. The van der Waals surface area contributed by atoms with Crippen LogP contribution in [-0.4, -0.2) is 18.6 Å². The summed E-state index contributed by atoms with van der Waals surface area (Å²) in [5.74, 6) is 0.881. The molecule has 1 heterocycles. The van der Waals surface area contributed by atoms with Gasteiger partial charge in [0.1, 0.15) is 5.75 Å². The Morgan fingerprint density at radius 3 is 2.55 bits per heavy atom. The van der Waals surface area contributed by atoms with Crippen LogP contribution in [0.2, 0.25) is 0 Å². The van der Waals surface area contributed by atoms with Crippen molar-refractivity contribution in [2.45, 2.75) is 12.8 Å². The van der Waals surface area contributed by atoms with Crippen LogP contribution in [0.15, 0.2) is 48.5 Å². The third-order valence-electron chi connectivity index (χ3n) is 3.82. The molecule has 4 heteroatoms. The molecule has 3 rings (SSSR count). The molecule has 3 N–H and O–H groups in total. The number of halogens is 1. The topological polar surface area (TPSA) is 51.0 Å². The maximum Gasteiger partial charge on any atom is 0.119 e. The molecule has 0 aliphatic rings. The van der Waals surface area contributed by atoms with Crippen LogP contribution in [0.1, 0.15) is 16.8 Å². The first-order chi connectivity index (χ1) is 10.3. The van der Waals surface area contributed by atoms with Crippen molar-refractivity contribution in [3.63, 3.8) is 0 Å². The highest BCUT2D eigenvalue weighted by Gasteiger charge is 2.12. The average Bonchev–Trinajstić information content (AvgIpc) is 2.85. The molecule has 0 unspecified atom stereocenters. The number of benzene rings is 2. The zero-order chi connectivity index (χ0) is 14.7. The van der Waals surface area contributed by atoms with Crippen molar-refractivity contribution in [3.8, 4) is 5.75 Å². The second kappa shape index (κ2) is 7.34. The van der Waals surface area contributed by atoms with E-state index in [1.807, 2.05) is 12.1 Å². The van der Waals surface area contributed by atoms with Crippen molar-refractivity contribution < 1.29 is 4.74 Å². The maximum absolute atomic E-state index is 5.80. The van der Waals surface area contributed by atoms with Crippen LogP contribution in [0.25, 0.3) is 10.9 Å². The normalized spacial score (nSPS) is 10.5. The SMILES string of the molecule is COc1ccc2[nH]c(Cc3ccccc3)c(CCN)c2c1.Cl. The monoisotopic (exact) mass is 316 g/mol. The Bertz CT molecular complexity index is 737. The molecule has 3 aromatic rings. The van der Waals surface area contributed by atoms with Crippen molar-refractivity contribution in [2.75, 3.05) is 13.7 Å². The number of hydrogen-bond donors (Lipinski definition) is 2. The smallest absolute Gasteiger partial charge is 0.119 e. The van der Waals surface area contributed by atoms with Gasteiger partial charge in [0.25, 0.3) is 0 Å². The highest BCUT2D eigenvalue weighted by molar-refractivity contribution is 5.86. The van der Waals surface area contributed by atoms with Gasteiger partial charge in [0, 0.05) is 23.0 Å². The van der Waals surface area contributed by atoms with E-state index in [1.54, 1.807) is 7.11 Å². The number of hydrogen-bond acceptors (Lipinski definition) is 2. The predicted octanol–water partition coefficient (Wildman–Crippen LogP) is 3.69. The molecule has 0 aliphatic heterocycles. The van der Waals surface area contributed by atoms with Gasteiger partial charge >= 0.3 is 0 Å². The van der Waals surface area contributed by atoms with Gasteiger partial charge in [-0.3, -0.25) is 0 Å². The standard InChI is InChI=1S/C18H20N2O.ClH/c1-21-14-7-8-17-16(12-14)15(9-10-19)18(20-17)11-13-5-3-2-4-6-13;/h2-8,12,20H,9-11,19H2,1H3;1H. The quantitative estimate of drug-likeness (QED) is 0.754.